The topological polar surface area (TPSA) is 54.0 Å². The van der Waals surface area contributed by atoms with Gasteiger partial charge in [0, 0.05) is 60.8 Å². The summed E-state index contributed by atoms with van der Waals surface area (Å²) >= 11 is 0. The van der Waals surface area contributed by atoms with E-state index in [1.165, 1.54) is 12.1 Å². The van der Waals surface area contributed by atoms with E-state index in [-0.39, 0.29) is 11.9 Å². The maximum atomic E-state index is 13.2. The lowest BCUT2D eigenvalue weighted by molar-refractivity contribution is -0.128. The second kappa shape index (κ2) is 9.04. The molecule has 4 rings (SSSR count). The van der Waals surface area contributed by atoms with E-state index in [9.17, 15) is 4.79 Å². The molecule has 1 aliphatic rings. The highest BCUT2D eigenvalue weighted by Crippen LogP contribution is 2.31. The minimum absolute atomic E-state index is 0.0666. The van der Waals surface area contributed by atoms with Crippen LogP contribution < -0.4 is 0 Å². The van der Waals surface area contributed by atoms with Crippen LogP contribution >= 0.6 is 0 Å². The summed E-state index contributed by atoms with van der Waals surface area (Å²) in [5.74, 6) is 0.0666. The minimum atomic E-state index is 0.0666. The first-order chi connectivity index (χ1) is 14.7. The number of fused-ring (bicyclic) bond motifs is 1. The lowest BCUT2D eigenvalue weighted by atomic mass is 10.1. The Morgan fingerprint density at radius 2 is 2.07 bits per heavy atom. The first-order valence-corrected chi connectivity index (χ1v) is 10.7. The number of para-hydroxylation sites is 1. The summed E-state index contributed by atoms with van der Waals surface area (Å²) in [6.07, 6.45) is 12.6. The van der Waals surface area contributed by atoms with Gasteiger partial charge in [0.05, 0.1) is 18.5 Å². The Balaban J connectivity index is 1.61. The fourth-order valence-electron chi connectivity index (χ4n) is 4.52. The van der Waals surface area contributed by atoms with Crippen molar-refractivity contribution in [3.8, 4) is 6.07 Å². The molecule has 1 aromatic carbocycles. The summed E-state index contributed by atoms with van der Waals surface area (Å²) in [7, 11) is 2.05. The number of rotatable bonds is 5. The van der Waals surface area contributed by atoms with Gasteiger partial charge in [-0.1, -0.05) is 31.0 Å². The molecule has 3 heterocycles. The van der Waals surface area contributed by atoms with Crippen LogP contribution in [0.5, 0.6) is 0 Å². The van der Waals surface area contributed by atoms with Crippen LogP contribution in [0.15, 0.2) is 54.9 Å². The average Bonchev–Trinajstić information content (AvgIpc) is 3.25. The Morgan fingerprint density at radius 3 is 2.87 bits per heavy atom. The smallest absolute Gasteiger partial charge is 0.247 e. The third kappa shape index (κ3) is 4.04. The zero-order valence-electron chi connectivity index (χ0n) is 17.5. The van der Waals surface area contributed by atoms with Gasteiger partial charge in [0.1, 0.15) is 0 Å². The zero-order valence-corrected chi connectivity index (χ0v) is 17.5. The molecular weight excluding hydrogens is 372 g/mol. The molecule has 0 spiro atoms. The molecule has 0 aliphatic carbocycles. The normalized spacial score (nSPS) is 17.3. The van der Waals surface area contributed by atoms with Crippen molar-refractivity contribution >= 4 is 22.9 Å². The van der Waals surface area contributed by atoms with Gasteiger partial charge in [0.25, 0.3) is 0 Å². The maximum Gasteiger partial charge on any atom is 0.247 e. The quantitative estimate of drug-likeness (QED) is 0.563. The standard InChI is InChI=1S/C25H28N4O/c1-27-16-7-12-23(27)24-11-3-2-6-18-29(24)25(30)14-13-20-19-28(17-8-15-26)22-10-5-4-9-21(20)22/h4-5,7,9-10,12-14,16,19,24H,2-3,6,8,11,17-18H2,1H3/b14-13+. The Bertz CT molecular complexity index is 1100. The summed E-state index contributed by atoms with van der Waals surface area (Å²) in [5, 5.41) is 10.0. The first kappa shape index (κ1) is 20.0. The van der Waals surface area contributed by atoms with Crippen molar-refractivity contribution in [2.75, 3.05) is 6.54 Å². The molecule has 0 bridgehead atoms. The molecule has 1 fully saturated rings. The fraction of sp³-hybridized carbons (Fsp3) is 0.360. The maximum absolute atomic E-state index is 13.2. The highest BCUT2D eigenvalue weighted by Gasteiger charge is 2.27. The number of carbonyl (C=O) groups is 1. The molecule has 30 heavy (non-hydrogen) atoms. The lowest BCUT2D eigenvalue weighted by Crippen LogP contribution is -2.34. The van der Waals surface area contributed by atoms with E-state index in [4.69, 9.17) is 5.26 Å². The summed E-state index contributed by atoms with van der Waals surface area (Å²) < 4.78 is 4.23. The largest absolute Gasteiger partial charge is 0.353 e. The molecule has 5 heteroatoms. The molecule has 0 radical (unpaired) electrons. The molecular formula is C25H28N4O. The van der Waals surface area contributed by atoms with Crippen LogP contribution in [0.2, 0.25) is 0 Å². The first-order valence-electron chi connectivity index (χ1n) is 10.7. The number of aromatic nitrogens is 2. The average molecular weight is 401 g/mol. The van der Waals surface area contributed by atoms with Crippen LogP contribution in [-0.4, -0.2) is 26.5 Å². The number of amides is 1. The van der Waals surface area contributed by atoms with Crippen molar-refractivity contribution in [1.29, 1.82) is 5.26 Å². The molecule has 1 saturated heterocycles. The molecule has 1 aliphatic heterocycles. The predicted molar refractivity (Wildman–Crippen MR) is 120 cm³/mol. The third-order valence-corrected chi connectivity index (χ3v) is 6.05. The van der Waals surface area contributed by atoms with Gasteiger partial charge in [-0.3, -0.25) is 4.79 Å². The van der Waals surface area contributed by atoms with Gasteiger partial charge in [-0.15, -0.1) is 0 Å². The second-order valence-corrected chi connectivity index (χ2v) is 7.98. The van der Waals surface area contributed by atoms with Crippen LogP contribution in [0, 0.1) is 11.3 Å². The van der Waals surface area contributed by atoms with Gasteiger partial charge in [0.15, 0.2) is 0 Å². The molecule has 1 amide bonds. The molecule has 1 atom stereocenters. The number of nitrogens with zero attached hydrogens (tertiary/aromatic N) is 4. The number of aryl methyl sites for hydroxylation is 2. The Hall–Kier alpha value is -3.26. The van der Waals surface area contributed by atoms with Gasteiger partial charge in [0.2, 0.25) is 5.91 Å². The van der Waals surface area contributed by atoms with Gasteiger partial charge in [-0.2, -0.15) is 5.26 Å². The van der Waals surface area contributed by atoms with Crippen molar-refractivity contribution in [1.82, 2.24) is 14.0 Å². The van der Waals surface area contributed by atoms with Crippen molar-refractivity contribution in [2.45, 2.75) is 44.7 Å². The van der Waals surface area contributed by atoms with Gasteiger partial charge >= 0.3 is 0 Å². The van der Waals surface area contributed by atoms with Crippen molar-refractivity contribution in [3.63, 3.8) is 0 Å². The Labute approximate surface area is 177 Å². The number of carbonyl (C=O) groups excluding carboxylic acids is 1. The molecule has 5 nitrogen and oxygen atoms in total. The SMILES string of the molecule is Cn1cccc1C1CCCCCN1C(=O)/C=C/c1cn(CCC#N)c2ccccc12. The van der Waals surface area contributed by atoms with Crippen LogP contribution in [0.1, 0.15) is 49.4 Å². The monoisotopic (exact) mass is 400 g/mol. The van der Waals surface area contributed by atoms with Crippen molar-refractivity contribution in [2.24, 2.45) is 7.05 Å². The van der Waals surface area contributed by atoms with Gasteiger partial charge < -0.3 is 14.0 Å². The fourth-order valence-corrected chi connectivity index (χ4v) is 4.52. The highest BCUT2D eigenvalue weighted by molar-refractivity contribution is 5.96. The van der Waals surface area contributed by atoms with E-state index in [2.05, 4.69) is 52.7 Å². The van der Waals surface area contributed by atoms with Crippen molar-refractivity contribution in [3.05, 3.63) is 66.1 Å². The van der Waals surface area contributed by atoms with E-state index >= 15 is 0 Å². The summed E-state index contributed by atoms with van der Waals surface area (Å²) in [6, 6.07) is 14.7. The minimum Gasteiger partial charge on any atom is -0.353 e. The third-order valence-electron chi connectivity index (χ3n) is 6.05. The summed E-state index contributed by atoms with van der Waals surface area (Å²) in [5.41, 5.74) is 3.31. The van der Waals surface area contributed by atoms with Crippen LogP contribution in [-0.2, 0) is 18.4 Å². The highest BCUT2D eigenvalue weighted by atomic mass is 16.2. The van der Waals surface area contributed by atoms with E-state index in [1.54, 1.807) is 6.08 Å². The predicted octanol–water partition coefficient (Wildman–Crippen LogP) is 5.05. The van der Waals surface area contributed by atoms with Crippen LogP contribution in [0.4, 0.5) is 0 Å². The van der Waals surface area contributed by atoms with Crippen LogP contribution in [0.25, 0.3) is 17.0 Å². The van der Waals surface area contributed by atoms with Gasteiger partial charge in [-0.25, -0.2) is 0 Å². The Kier molecular flexibility index (Phi) is 6.04. The molecule has 1 unspecified atom stereocenters. The number of hydrogen-bond acceptors (Lipinski definition) is 2. The Morgan fingerprint density at radius 1 is 1.20 bits per heavy atom. The molecule has 2 aromatic heterocycles. The summed E-state index contributed by atoms with van der Waals surface area (Å²) in [4.78, 5) is 15.3. The summed E-state index contributed by atoms with van der Waals surface area (Å²) in [6.45, 7) is 1.45. The second-order valence-electron chi connectivity index (χ2n) is 7.98. The van der Waals surface area contributed by atoms with E-state index in [1.807, 2.05) is 29.3 Å². The van der Waals surface area contributed by atoms with Gasteiger partial charge in [-0.05, 0) is 37.1 Å². The molecule has 0 N–H and O–H groups in total. The van der Waals surface area contributed by atoms with Crippen molar-refractivity contribution < 1.29 is 4.79 Å². The number of nitriles is 1. The number of hydrogen-bond donors (Lipinski definition) is 0. The zero-order chi connectivity index (χ0) is 20.9. The molecule has 3 aromatic rings. The van der Waals surface area contributed by atoms with E-state index in [0.717, 1.165) is 42.3 Å². The number of likely N-dealkylation sites (tertiary alicyclic amines) is 1. The molecule has 154 valence electrons. The number of benzene rings is 1. The van der Waals surface area contributed by atoms with E-state index < -0.39 is 0 Å². The van der Waals surface area contributed by atoms with E-state index in [0.29, 0.717) is 13.0 Å². The van der Waals surface area contributed by atoms with Crippen LogP contribution in [0.3, 0.4) is 0 Å². The molecule has 0 saturated carbocycles. The lowest BCUT2D eigenvalue weighted by Gasteiger charge is -2.29.